The summed E-state index contributed by atoms with van der Waals surface area (Å²) in [4.78, 5) is 16.8. The van der Waals surface area contributed by atoms with E-state index in [4.69, 9.17) is 9.47 Å². The van der Waals surface area contributed by atoms with Crippen molar-refractivity contribution in [3.05, 3.63) is 42.0 Å². The van der Waals surface area contributed by atoms with E-state index in [1.165, 1.54) is 0 Å². The minimum absolute atomic E-state index is 0.0776. The molecule has 2 unspecified atom stereocenters. The van der Waals surface area contributed by atoms with Crippen LogP contribution in [0.5, 0.6) is 0 Å². The zero-order valence-corrected chi connectivity index (χ0v) is 14.6. The molecule has 2 atom stereocenters. The third-order valence-corrected chi connectivity index (χ3v) is 5.28. The van der Waals surface area contributed by atoms with Gasteiger partial charge in [-0.1, -0.05) is 0 Å². The molecule has 0 saturated carbocycles. The Bertz CT molecular complexity index is 776. The number of nitrogens with zero attached hydrogens (tertiary/aromatic N) is 2. The van der Waals surface area contributed by atoms with Gasteiger partial charge in [-0.2, -0.15) is 0 Å². The van der Waals surface area contributed by atoms with Gasteiger partial charge in [-0.05, 0) is 51.0 Å². The second-order valence-corrected chi connectivity index (χ2v) is 6.95. The summed E-state index contributed by atoms with van der Waals surface area (Å²) in [6, 6.07) is 7.77. The molecule has 2 aromatic rings. The van der Waals surface area contributed by atoms with Crippen molar-refractivity contribution < 1.29 is 14.3 Å². The van der Waals surface area contributed by atoms with Gasteiger partial charge in [0.1, 0.15) is 6.10 Å². The monoisotopic (exact) mass is 341 g/mol. The molecule has 6 nitrogen and oxygen atoms in total. The lowest BCUT2D eigenvalue weighted by molar-refractivity contribution is -0.131. The van der Waals surface area contributed by atoms with E-state index in [1.54, 1.807) is 0 Å². The normalized spacial score (nSPS) is 25.6. The number of ether oxygens (including phenoxy) is 2. The Balaban J connectivity index is 1.41. The number of aromatic nitrogens is 2. The standard InChI is InChI=1S/C19H23N3O3/c1-13-14(2)22(12-20-13)16-5-3-15(4-6-16)21-18(23)17-7-8-19(25-17)9-10-24-11-19/h3-6,12,17H,7-11H2,1-2H3,(H,21,23). The molecule has 6 heteroatoms. The molecule has 2 saturated heterocycles. The van der Waals surface area contributed by atoms with E-state index >= 15 is 0 Å². The van der Waals surface area contributed by atoms with Gasteiger partial charge in [0.2, 0.25) is 0 Å². The van der Waals surface area contributed by atoms with Crippen molar-refractivity contribution in [2.24, 2.45) is 0 Å². The summed E-state index contributed by atoms with van der Waals surface area (Å²) >= 11 is 0. The topological polar surface area (TPSA) is 65.4 Å². The molecular weight excluding hydrogens is 318 g/mol. The fourth-order valence-electron chi connectivity index (χ4n) is 3.56. The Kier molecular flexibility index (Phi) is 4.09. The highest BCUT2D eigenvalue weighted by Crippen LogP contribution is 2.37. The van der Waals surface area contributed by atoms with Crippen LogP contribution in [0.25, 0.3) is 5.69 Å². The van der Waals surface area contributed by atoms with E-state index in [0.29, 0.717) is 6.61 Å². The molecule has 0 bridgehead atoms. The second kappa shape index (κ2) is 6.28. The fraction of sp³-hybridized carbons (Fsp3) is 0.474. The molecule has 3 heterocycles. The maximum absolute atomic E-state index is 12.5. The number of hydrogen-bond donors (Lipinski definition) is 1. The maximum Gasteiger partial charge on any atom is 0.253 e. The summed E-state index contributed by atoms with van der Waals surface area (Å²) in [5.74, 6) is -0.0776. The van der Waals surface area contributed by atoms with Crippen LogP contribution in [0.2, 0.25) is 0 Å². The van der Waals surface area contributed by atoms with Gasteiger partial charge in [-0.3, -0.25) is 4.79 Å². The van der Waals surface area contributed by atoms with Gasteiger partial charge in [0.15, 0.2) is 0 Å². The van der Waals surface area contributed by atoms with Gasteiger partial charge >= 0.3 is 0 Å². The number of aryl methyl sites for hydroxylation is 1. The Morgan fingerprint density at radius 3 is 2.72 bits per heavy atom. The number of benzene rings is 1. The van der Waals surface area contributed by atoms with Crippen molar-refractivity contribution in [2.75, 3.05) is 18.5 Å². The zero-order chi connectivity index (χ0) is 17.4. The Morgan fingerprint density at radius 1 is 1.28 bits per heavy atom. The molecule has 2 aliphatic heterocycles. The van der Waals surface area contributed by atoms with E-state index in [2.05, 4.69) is 10.3 Å². The summed E-state index contributed by atoms with van der Waals surface area (Å²) in [6.45, 7) is 5.36. The number of amides is 1. The van der Waals surface area contributed by atoms with Crippen molar-refractivity contribution in [1.29, 1.82) is 0 Å². The molecule has 132 valence electrons. The van der Waals surface area contributed by atoms with Crippen molar-refractivity contribution in [3.8, 4) is 5.69 Å². The number of anilines is 1. The average molecular weight is 341 g/mol. The lowest BCUT2D eigenvalue weighted by Crippen LogP contribution is -2.34. The quantitative estimate of drug-likeness (QED) is 0.932. The fourth-order valence-corrected chi connectivity index (χ4v) is 3.56. The lowest BCUT2D eigenvalue weighted by Gasteiger charge is -2.21. The largest absolute Gasteiger partial charge is 0.378 e. The molecule has 2 fully saturated rings. The maximum atomic E-state index is 12.5. The van der Waals surface area contributed by atoms with Crippen LogP contribution in [0.3, 0.4) is 0 Å². The van der Waals surface area contributed by atoms with Crippen LogP contribution in [-0.4, -0.2) is 40.4 Å². The van der Waals surface area contributed by atoms with Gasteiger partial charge in [-0.15, -0.1) is 0 Å². The van der Waals surface area contributed by atoms with Crippen LogP contribution in [0.1, 0.15) is 30.7 Å². The summed E-state index contributed by atoms with van der Waals surface area (Å²) in [7, 11) is 0. The predicted molar refractivity (Wildman–Crippen MR) is 93.9 cm³/mol. The van der Waals surface area contributed by atoms with Crippen molar-refractivity contribution in [1.82, 2.24) is 9.55 Å². The zero-order valence-electron chi connectivity index (χ0n) is 14.6. The number of carbonyl (C=O) groups is 1. The minimum atomic E-state index is -0.389. The second-order valence-electron chi connectivity index (χ2n) is 6.95. The highest BCUT2D eigenvalue weighted by atomic mass is 16.6. The number of hydrogen-bond acceptors (Lipinski definition) is 4. The molecule has 4 rings (SSSR count). The molecule has 0 radical (unpaired) electrons. The van der Waals surface area contributed by atoms with Gasteiger partial charge in [0, 0.05) is 30.1 Å². The summed E-state index contributed by atoms with van der Waals surface area (Å²) in [5, 5.41) is 2.96. The van der Waals surface area contributed by atoms with Crippen LogP contribution in [0.4, 0.5) is 5.69 Å². The first-order valence-corrected chi connectivity index (χ1v) is 8.74. The van der Waals surface area contributed by atoms with Crippen LogP contribution < -0.4 is 5.32 Å². The molecule has 2 aliphatic rings. The van der Waals surface area contributed by atoms with Gasteiger partial charge < -0.3 is 19.4 Å². The number of carbonyl (C=O) groups excluding carboxylic acids is 1. The molecule has 1 aromatic heterocycles. The lowest BCUT2D eigenvalue weighted by atomic mass is 9.99. The minimum Gasteiger partial charge on any atom is -0.378 e. The molecule has 25 heavy (non-hydrogen) atoms. The Hall–Kier alpha value is -2.18. The van der Waals surface area contributed by atoms with Gasteiger partial charge in [0.05, 0.1) is 24.2 Å². The molecule has 1 amide bonds. The van der Waals surface area contributed by atoms with E-state index in [0.717, 1.165) is 48.6 Å². The van der Waals surface area contributed by atoms with Crippen LogP contribution in [0.15, 0.2) is 30.6 Å². The Morgan fingerprint density at radius 2 is 2.08 bits per heavy atom. The SMILES string of the molecule is Cc1ncn(-c2ccc(NC(=O)C3CCC4(CCOC4)O3)cc2)c1C. The highest BCUT2D eigenvalue weighted by molar-refractivity contribution is 5.94. The molecule has 1 N–H and O–H groups in total. The summed E-state index contributed by atoms with van der Waals surface area (Å²) in [5.41, 5.74) is 3.69. The highest BCUT2D eigenvalue weighted by Gasteiger charge is 2.45. The van der Waals surface area contributed by atoms with Gasteiger partial charge in [-0.25, -0.2) is 4.98 Å². The number of imidazole rings is 1. The molecular formula is C19H23N3O3. The summed E-state index contributed by atoms with van der Waals surface area (Å²) < 4.78 is 13.5. The first-order valence-electron chi connectivity index (χ1n) is 8.74. The Labute approximate surface area is 147 Å². The van der Waals surface area contributed by atoms with E-state index in [1.807, 2.05) is 49.0 Å². The first-order chi connectivity index (χ1) is 12.1. The first kappa shape index (κ1) is 16.3. The smallest absolute Gasteiger partial charge is 0.253 e. The molecule has 1 spiro atoms. The summed E-state index contributed by atoms with van der Waals surface area (Å²) in [6.07, 6.45) is 3.95. The number of nitrogens with one attached hydrogen (secondary N) is 1. The third-order valence-electron chi connectivity index (χ3n) is 5.28. The number of rotatable bonds is 3. The molecule has 1 aromatic carbocycles. The average Bonchev–Trinajstić information content (AvgIpc) is 3.33. The predicted octanol–water partition coefficient (Wildman–Crippen LogP) is 2.77. The van der Waals surface area contributed by atoms with Crippen molar-refractivity contribution in [2.45, 2.75) is 44.8 Å². The van der Waals surface area contributed by atoms with Crippen LogP contribution >= 0.6 is 0 Å². The van der Waals surface area contributed by atoms with E-state index < -0.39 is 0 Å². The van der Waals surface area contributed by atoms with Crippen LogP contribution in [-0.2, 0) is 14.3 Å². The third kappa shape index (κ3) is 3.07. The van der Waals surface area contributed by atoms with Crippen molar-refractivity contribution in [3.63, 3.8) is 0 Å². The van der Waals surface area contributed by atoms with E-state index in [9.17, 15) is 4.79 Å². The van der Waals surface area contributed by atoms with Crippen LogP contribution in [0, 0.1) is 13.8 Å². The molecule has 0 aliphatic carbocycles. The van der Waals surface area contributed by atoms with Gasteiger partial charge in [0.25, 0.3) is 5.91 Å². The van der Waals surface area contributed by atoms with Crippen molar-refractivity contribution >= 4 is 11.6 Å². The van der Waals surface area contributed by atoms with E-state index in [-0.39, 0.29) is 17.6 Å².